The predicted octanol–water partition coefficient (Wildman–Crippen LogP) is 4.01. The molecule has 1 aromatic carbocycles. The van der Waals surface area contributed by atoms with Gasteiger partial charge in [-0.15, -0.1) is 0 Å². The van der Waals surface area contributed by atoms with Gasteiger partial charge in [-0.05, 0) is 31.0 Å². The van der Waals surface area contributed by atoms with E-state index in [-0.39, 0.29) is 45.8 Å². The van der Waals surface area contributed by atoms with Crippen molar-refractivity contribution in [3.05, 3.63) is 29.8 Å². The van der Waals surface area contributed by atoms with Gasteiger partial charge in [-0.3, -0.25) is 0 Å². The molecule has 0 aromatic heterocycles. The van der Waals surface area contributed by atoms with E-state index < -0.39 is 30.7 Å². The third-order valence-electron chi connectivity index (χ3n) is 4.64. The van der Waals surface area contributed by atoms with Crippen molar-refractivity contribution in [1.29, 1.82) is 0 Å². The zero-order chi connectivity index (χ0) is 24.7. The first-order chi connectivity index (χ1) is 15.7. The van der Waals surface area contributed by atoms with Crippen LogP contribution in [0.3, 0.4) is 0 Å². The fourth-order valence-corrected chi connectivity index (χ4v) is 2.70. The van der Waals surface area contributed by atoms with Crippen molar-refractivity contribution >= 4 is 12.1 Å². The Morgan fingerprint density at radius 2 is 1.73 bits per heavy atom. The standard InChI is InChI=1S/C23H35F2NO7/c1-4-13-33-22(29)26(11-14-30-17-23(24,25)5-2)12-15-32-19-9-7-18(8-10-19)16-20(21(27)28)31-6-3/h7-10,20H,4-6,11-17H2,1-3H3,(H,27,28). The summed E-state index contributed by atoms with van der Waals surface area (Å²) < 4.78 is 47.6. The van der Waals surface area contributed by atoms with Crippen LogP contribution in [0.2, 0.25) is 0 Å². The van der Waals surface area contributed by atoms with Gasteiger partial charge in [0.25, 0.3) is 5.92 Å². The summed E-state index contributed by atoms with van der Waals surface area (Å²) in [5.41, 5.74) is 0.786. The molecule has 33 heavy (non-hydrogen) atoms. The highest BCUT2D eigenvalue weighted by Gasteiger charge is 2.26. The van der Waals surface area contributed by atoms with Crippen LogP contribution in [-0.2, 0) is 25.4 Å². The monoisotopic (exact) mass is 475 g/mol. The molecule has 1 aromatic rings. The van der Waals surface area contributed by atoms with Crippen molar-refractivity contribution in [3.8, 4) is 5.75 Å². The second kappa shape index (κ2) is 15.4. The predicted molar refractivity (Wildman–Crippen MR) is 118 cm³/mol. The van der Waals surface area contributed by atoms with E-state index in [0.29, 0.717) is 18.8 Å². The van der Waals surface area contributed by atoms with Crippen LogP contribution >= 0.6 is 0 Å². The van der Waals surface area contributed by atoms with Crippen molar-refractivity contribution in [2.75, 3.05) is 46.1 Å². The SMILES string of the molecule is CCCOC(=O)N(CCOCC(F)(F)CC)CCOc1ccc(CC(OCC)C(=O)O)cc1. The van der Waals surface area contributed by atoms with Gasteiger partial charge >= 0.3 is 12.1 Å². The van der Waals surface area contributed by atoms with Gasteiger partial charge in [0.05, 0.1) is 19.8 Å². The highest BCUT2D eigenvalue weighted by Crippen LogP contribution is 2.18. The Bertz CT molecular complexity index is 701. The summed E-state index contributed by atoms with van der Waals surface area (Å²) in [6, 6.07) is 6.91. The maximum Gasteiger partial charge on any atom is 0.409 e. The van der Waals surface area contributed by atoms with E-state index in [0.717, 1.165) is 5.56 Å². The number of amides is 1. The molecule has 8 nitrogen and oxygen atoms in total. The van der Waals surface area contributed by atoms with Gasteiger partial charge in [-0.2, -0.15) is 0 Å². The lowest BCUT2D eigenvalue weighted by molar-refractivity contribution is -0.149. The molecule has 0 radical (unpaired) electrons. The first-order valence-electron chi connectivity index (χ1n) is 11.2. The van der Waals surface area contributed by atoms with Gasteiger partial charge in [0.1, 0.15) is 19.0 Å². The maximum absolute atomic E-state index is 13.3. The summed E-state index contributed by atoms with van der Waals surface area (Å²) in [5.74, 6) is -3.37. The molecule has 188 valence electrons. The van der Waals surface area contributed by atoms with Crippen LogP contribution in [0.4, 0.5) is 13.6 Å². The summed E-state index contributed by atoms with van der Waals surface area (Å²) in [7, 11) is 0. The number of nitrogens with zero attached hydrogens (tertiary/aromatic N) is 1. The van der Waals surface area contributed by atoms with Gasteiger partial charge in [0, 0.05) is 26.0 Å². The Hall–Kier alpha value is -2.46. The minimum absolute atomic E-state index is 0.0455. The molecule has 0 aliphatic carbocycles. The normalized spacial score (nSPS) is 12.3. The van der Waals surface area contributed by atoms with E-state index in [2.05, 4.69) is 0 Å². The van der Waals surface area contributed by atoms with Crippen LogP contribution in [0.1, 0.15) is 39.2 Å². The topological polar surface area (TPSA) is 94.5 Å². The molecule has 0 spiro atoms. The second-order valence-corrected chi connectivity index (χ2v) is 7.34. The van der Waals surface area contributed by atoms with E-state index >= 15 is 0 Å². The summed E-state index contributed by atoms with van der Waals surface area (Å²) in [5, 5.41) is 9.18. The Labute approximate surface area is 193 Å². The molecule has 1 unspecified atom stereocenters. The molecule has 0 aliphatic heterocycles. The lowest BCUT2D eigenvalue weighted by Gasteiger charge is -2.23. The molecule has 0 saturated heterocycles. The van der Waals surface area contributed by atoms with Crippen molar-refractivity contribution in [2.45, 2.75) is 52.1 Å². The summed E-state index contributed by atoms with van der Waals surface area (Å²) in [6.45, 7) is 5.24. The number of halogens is 2. The molecule has 0 fully saturated rings. The molecule has 1 N–H and O–H groups in total. The van der Waals surface area contributed by atoms with Gasteiger partial charge < -0.3 is 29.0 Å². The summed E-state index contributed by atoms with van der Waals surface area (Å²) in [4.78, 5) is 24.8. The fraction of sp³-hybridized carbons (Fsp3) is 0.652. The largest absolute Gasteiger partial charge is 0.492 e. The maximum atomic E-state index is 13.3. The number of carboxylic acid groups (broad SMARTS) is 1. The molecule has 10 heteroatoms. The highest BCUT2D eigenvalue weighted by atomic mass is 19.3. The number of ether oxygens (including phenoxy) is 4. The zero-order valence-corrected chi connectivity index (χ0v) is 19.6. The lowest BCUT2D eigenvalue weighted by Crippen LogP contribution is -2.38. The number of carbonyl (C=O) groups excluding carboxylic acids is 1. The molecule has 0 heterocycles. The first-order valence-corrected chi connectivity index (χ1v) is 11.2. The first kappa shape index (κ1) is 28.6. The minimum atomic E-state index is -2.89. The molecular formula is C23H35F2NO7. The lowest BCUT2D eigenvalue weighted by atomic mass is 10.1. The van der Waals surface area contributed by atoms with Gasteiger partial charge in [-0.25, -0.2) is 18.4 Å². The van der Waals surface area contributed by atoms with Crippen LogP contribution in [0.25, 0.3) is 0 Å². The summed E-state index contributed by atoms with van der Waals surface area (Å²) in [6.07, 6.45) is -0.892. The van der Waals surface area contributed by atoms with Crippen LogP contribution in [-0.4, -0.2) is 80.2 Å². The van der Waals surface area contributed by atoms with Gasteiger partial charge in [0.2, 0.25) is 0 Å². The van der Waals surface area contributed by atoms with Crippen LogP contribution < -0.4 is 4.74 Å². The molecule has 0 saturated carbocycles. The van der Waals surface area contributed by atoms with E-state index in [1.54, 1.807) is 31.2 Å². The molecular weight excluding hydrogens is 440 g/mol. The quantitative estimate of drug-likeness (QED) is 0.340. The van der Waals surface area contributed by atoms with Crippen LogP contribution in [0, 0.1) is 0 Å². The average molecular weight is 476 g/mol. The number of carbonyl (C=O) groups is 2. The molecule has 1 atom stereocenters. The molecule has 1 amide bonds. The Morgan fingerprint density at radius 3 is 2.30 bits per heavy atom. The van der Waals surface area contributed by atoms with Crippen molar-refractivity contribution < 1.29 is 42.4 Å². The average Bonchev–Trinajstić information content (AvgIpc) is 2.79. The highest BCUT2D eigenvalue weighted by molar-refractivity contribution is 5.72. The van der Waals surface area contributed by atoms with Gasteiger partial charge in [-0.1, -0.05) is 26.0 Å². The Kier molecular flexibility index (Phi) is 13.3. The number of benzene rings is 1. The molecule has 1 rings (SSSR count). The number of alkyl halides is 2. The van der Waals surface area contributed by atoms with Crippen LogP contribution in [0.15, 0.2) is 24.3 Å². The zero-order valence-electron chi connectivity index (χ0n) is 19.6. The van der Waals surface area contributed by atoms with Crippen molar-refractivity contribution in [1.82, 2.24) is 4.90 Å². The summed E-state index contributed by atoms with van der Waals surface area (Å²) >= 11 is 0. The minimum Gasteiger partial charge on any atom is -0.492 e. The van der Waals surface area contributed by atoms with Crippen LogP contribution in [0.5, 0.6) is 5.75 Å². The number of carboxylic acids is 1. The third kappa shape index (κ3) is 11.8. The van der Waals surface area contributed by atoms with E-state index in [1.165, 1.54) is 11.8 Å². The van der Waals surface area contributed by atoms with Crippen molar-refractivity contribution in [3.63, 3.8) is 0 Å². The second-order valence-electron chi connectivity index (χ2n) is 7.34. The van der Waals surface area contributed by atoms with E-state index in [4.69, 9.17) is 18.9 Å². The number of hydrogen-bond donors (Lipinski definition) is 1. The third-order valence-corrected chi connectivity index (χ3v) is 4.64. The fourth-order valence-electron chi connectivity index (χ4n) is 2.70. The van der Waals surface area contributed by atoms with Gasteiger partial charge in [0.15, 0.2) is 6.10 Å². The van der Waals surface area contributed by atoms with E-state index in [9.17, 15) is 23.5 Å². The van der Waals surface area contributed by atoms with Crippen molar-refractivity contribution in [2.24, 2.45) is 0 Å². The molecule has 0 aliphatic rings. The molecule has 0 bridgehead atoms. The number of aliphatic carboxylic acids is 1. The Balaban J connectivity index is 2.55. The number of rotatable bonds is 17. The Morgan fingerprint density at radius 1 is 1.06 bits per heavy atom. The number of hydrogen-bond acceptors (Lipinski definition) is 6. The van der Waals surface area contributed by atoms with E-state index in [1.807, 2.05) is 6.92 Å². The smallest absolute Gasteiger partial charge is 0.409 e.